The van der Waals surface area contributed by atoms with E-state index < -0.39 is 6.04 Å². The zero-order valence-electron chi connectivity index (χ0n) is 24.6. The topological polar surface area (TPSA) is 75.7 Å². The number of amides is 2. The molecule has 0 saturated carbocycles. The molecular weight excluding hydrogens is 559 g/mol. The number of carbonyl (C=O) groups excluding carboxylic acids is 3. The average molecular weight is 604 g/mol. The second-order valence-corrected chi connectivity index (χ2v) is 12.3. The number of hydrogen-bond donors (Lipinski definition) is 1. The highest BCUT2D eigenvalue weighted by atomic mass is 35.5. The molecule has 0 radical (unpaired) electrons. The first kappa shape index (κ1) is 32.9. The second kappa shape index (κ2) is 16.8. The number of Topliss-reactive ketones (excluding diaryl/α,β-unsaturated/α-hetero) is 1. The maximum absolute atomic E-state index is 13.0. The SMILES string of the molecule is CCCCOc1ccc(C[C@H](NC(=O)CC2CCN(C(=O)CCc3ccc(Cl)c(Cl)c3)CC2)C(=O)CC(C)C)cc1. The van der Waals surface area contributed by atoms with Crippen molar-refractivity contribution in [2.45, 2.75) is 84.6 Å². The number of rotatable bonds is 15. The van der Waals surface area contributed by atoms with Crippen LogP contribution in [0.2, 0.25) is 10.0 Å². The van der Waals surface area contributed by atoms with Crippen molar-refractivity contribution in [1.82, 2.24) is 10.2 Å². The molecule has 2 aromatic carbocycles. The number of nitrogens with one attached hydrogen (secondary N) is 1. The second-order valence-electron chi connectivity index (χ2n) is 11.5. The molecule has 3 rings (SSSR count). The number of likely N-dealkylation sites (tertiary alicyclic amines) is 1. The van der Waals surface area contributed by atoms with Gasteiger partial charge in [-0.2, -0.15) is 0 Å². The summed E-state index contributed by atoms with van der Waals surface area (Å²) in [7, 11) is 0. The highest BCUT2D eigenvalue weighted by Crippen LogP contribution is 2.25. The van der Waals surface area contributed by atoms with Gasteiger partial charge in [-0.3, -0.25) is 14.4 Å². The largest absolute Gasteiger partial charge is 0.494 e. The Morgan fingerprint density at radius 1 is 1.00 bits per heavy atom. The fourth-order valence-electron chi connectivity index (χ4n) is 5.09. The van der Waals surface area contributed by atoms with Gasteiger partial charge >= 0.3 is 0 Å². The average Bonchev–Trinajstić information content (AvgIpc) is 2.94. The van der Waals surface area contributed by atoms with E-state index in [9.17, 15) is 14.4 Å². The Labute approximate surface area is 255 Å². The zero-order valence-corrected chi connectivity index (χ0v) is 26.1. The van der Waals surface area contributed by atoms with Gasteiger partial charge in [0.2, 0.25) is 11.8 Å². The van der Waals surface area contributed by atoms with Crippen LogP contribution >= 0.6 is 23.2 Å². The summed E-state index contributed by atoms with van der Waals surface area (Å²) in [6.45, 7) is 8.12. The molecule has 1 heterocycles. The highest BCUT2D eigenvalue weighted by molar-refractivity contribution is 6.42. The van der Waals surface area contributed by atoms with Gasteiger partial charge in [0.05, 0.1) is 22.7 Å². The zero-order chi connectivity index (χ0) is 29.8. The summed E-state index contributed by atoms with van der Waals surface area (Å²) < 4.78 is 5.75. The third-order valence-corrected chi connectivity index (χ3v) is 8.25. The summed E-state index contributed by atoms with van der Waals surface area (Å²) in [5, 5.41) is 4.03. The number of benzene rings is 2. The van der Waals surface area contributed by atoms with Crippen LogP contribution in [-0.4, -0.2) is 48.2 Å². The first-order valence-corrected chi connectivity index (χ1v) is 15.7. The van der Waals surface area contributed by atoms with Crippen molar-refractivity contribution in [2.24, 2.45) is 11.8 Å². The summed E-state index contributed by atoms with van der Waals surface area (Å²) >= 11 is 12.1. The lowest BCUT2D eigenvalue weighted by molar-refractivity contribution is -0.133. The number of ether oxygens (including phenoxy) is 1. The lowest BCUT2D eigenvalue weighted by Crippen LogP contribution is -2.44. The minimum Gasteiger partial charge on any atom is -0.494 e. The smallest absolute Gasteiger partial charge is 0.222 e. The Bertz CT molecular complexity index is 1140. The van der Waals surface area contributed by atoms with Crippen LogP contribution < -0.4 is 10.1 Å². The number of carbonyl (C=O) groups is 3. The summed E-state index contributed by atoms with van der Waals surface area (Å²) in [6.07, 6.45) is 5.90. The normalized spacial score (nSPS) is 14.6. The van der Waals surface area contributed by atoms with E-state index >= 15 is 0 Å². The Morgan fingerprint density at radius 2 is 1.68 bits per heavy atom. The molecule has 1 atom stereocenters. The molecule has 1 saturated heterocycles. The van der Waals surface area contributed by atoms with Crippen LogP contribution in [-0.2, 0) is 27.2 Å². The van der Waals surface area contributed by atoms with Gasteiger partial charge in [-0.05, 0) is 79.3 Å². The predicted molar refractivity (Wildman–Crippen MR) is 166 cm³/mol. The highest BCUT2D eigenvalue weighted by Gasteiger charge is 2.27. The van der Waals surface area contributed by atoms with Crippen molar-refractivity contribution in [3.8, 4) is 5.75 Å². The first-order chi connectivity index (χ1) is 19.6. The van der Waals surface area contributed by atoms with Crippen molar-refractivity contribution < 1.29 is 19.1 Å². The van der Waals surface area contributed by atoms with Crippen LogP contribution in [0.1, 0.15) is 76.8 Å². The van der Waals surface area contributed by atoms with E-state index in [2.05, 4.69) is 12.2 Å². The van der Waals surface area contributed by atoms with E-state index in [1.807, 2.05) is 49.1 Å². The Balaban J connectivity index is 1.47. The minimum absolute atomic E-state index is 0.0546. The lowest BCUT2D eigenvalue weighted by atomic mass is 9.92. The van der Waals surface area contributed by atoms with Gasteiger partial charge in [0, 0.05) is 32.4 Å². The van der Waals surface area contributed by atoms with E-state index in [0.717, 1.165) is 42.6 Å². The van der Waals surface area contributed by atoms with Crippen LogP contribution in [0, 0.1) is 11.8 Å². The fourth-order valence-corrected chi connectivity index (χ4v) is 5.41. The predicted octanol–water partition coefficient (Wildman–Crippen LogP) is 7.08. The van der Waals surface area contributed by atoms with Gasteiger partial charge < -0.3 is 15.0 Å². The molecule has 2 amide bonds. The van der Waals surface area contributed by atoms with Gasteiger partial charge in [0.1, 0.15) is 5.75 Å². The molecule has 41 heavy (non-hydrogen) atoms. The van der Waals surface area contributed by atoms with E-state index in [0.29, 0.717) is 61.8 Å². The lowest BCUT2D eigenvalue weighted by Gasteiger charge is -2.32. The van der Waals surface area contributed by atoms with Crippen molar-refractivity contribution in [3.63, 3.8) is 0 Å². The number of hydrogen-bond acceptors (Lipinski definition) is 4. The third kappa shape index (κ3) is 11.3. The minimum atomic E-state index is -0.556. The number of halogens is 2. The molecule has 0 aromatic heterocycles. The van der Waals surface area contributed by atoms with Crippen molar-refractivity contribution in [1.29, 1.82) is 0 Å². The third-order valence-electron chi connectivity index (χ3n) is 7.52. The van der Waals surface area contributed by atoms with Crippen LogP contribution in [0.4, 0.5) is 0 Å². The van der Waals surface area contributed by atoms with E-state index in [4.69, 9.17) is 27.9 Å². The van der Waals surface area contributed by atoms with Crippen LogP contribution in [0.3, 0.4) is 0 Å². The number of piperidine rings is 1. The van der Waals surface area contributed by atoms with Gasteiger partial charge in [0.25, 0.3) is 0 Å². The van der Waals surface area contributed by atoms with Crippen molar-refractivity contribution in [2.75, 3.05) is 19.7 Å². The van der Waals surface area contributed by atoms with Gasteiger partial charge in [0.15, 0.2) is 5.78 Å². The van der Waals surface area contributed by atoms with Crippen molar-refractivity contribution in [3.05, 3.63) is 63.6 Å². The van der Waals surface area contributed by atoms with Crippen molar-refractivity contribution >= 4 is 40.8 Å². The molecule has 224 valence electrons. The fraction of sp³-hybridized carbons (Fsp3) is 0.545. The van der Waals surface area contributed by atoms with Crippen LogP contribution in [0.5, 0.6) is 5.75 Å². The molecule has 0 spiro atoms. The Hall–Kier alpha value is -2.57. The van der Waals surface area contributed by atoms with Gasteiger partial charge in [-0.1, -0.05) is 68.6 Å². The molecule has 1 aliphatic rings. The number of unbranched alkanes of at least 4 members (excludes halogenated alkanes) is 1. The molecule has 1 fully saturated rings. The molecule has 1 N–H and O–H groups in total. The summed E-state index contributed by atoms with van der Waals surface area (Å²) in [5.74, 6) is 1.29. The molecular formula is C33H44Cl2N2O4. The molecule has 2 aromatic rings. The number of nitrogens with zero attached hydrogens (tertiary/aromatic N) is 1. The Morgan fingerprint density at radius 3 is 2.32 bits per heavy atom. The maximum Gasteiger partial charge on any atom is 0.222 e. The van der Waals surface area contributed by atoms with Gasteiger partial charge in [-0.15, -0.1) is 0 Å². The molecule has 6 nitrogen and oxygen atoms in total. The monoisotopic (exact) mass is 602 g/mol. The van der Waals surface area contributed by atoms with E-state index in [1.54, 1.807) is 12.1 Å². The van der Waals surface area contributed by atoms with Crippen LogP contribution in [0.25, 0.3) is 0 Å². The molecule has 0 aliphatic carbocycles. The molecule has 0 unspecified atom stereocenters. The summed E-state index contributed by atoms with van der Waals surface area (Å²) in [4.78, 5) is 40.7. The van der Waals surface area contributed by atoms with E-state index in [-0.39, 0.29) is 29.4 Å². The first-order valence-electron chi connectivity index (χ1n) is 14.9. The van der Waals surface area contributed by atoms with Crippen LogP contribution in [0.15, 0.2) is 42.5 Å². The summed E-state index contributed by atoms with van der Waals surface area (Å²) in [6, 6.07) is 12.7. The Kier molecular flexibility index (Phi) is 13.5. The number of ketones is 1. The standard InChI is InChI=1S/C33H44Cl2N2O4/c1-4-5-18-41-27-10-6-25(7-11-27)21-30(31(38)19-23(2)3)36-32(39)22-26-14-16-37(17-15-26)33(40)13-9-24-8-12-28(34)29(35)20-24/h6-8,10-12,20,23,26,30H,4-5,9,13-19,21-22H2,1-3H3,(H,36,39)/t30-/m0/s1. The van der Waals surface area contributed by atoms with Gasteiger partial charge in [-0.25, -0.2) is 0 Å². The molecule has 1 aliphatic heterocycles. The molecule has 8 heteroatoms. The number of aryl methyl sites for hydroxylation is 1. The maximum atomic E-state index is 13.0. The van der Waals surface area contributed by atoms with E-state index in [1.165, 1.54) is 0 Å². The molecule has 0 bridgehead atoms. The summed E-state index contributed by atoms with van der Waals surface area (Å²) in [5.41, 5.74) is 1.97. The quantitative estimate of drug-likeness (QED) is 0.221.